The van der Waals surface area contributed by atoms with Gasteiger partial charge in [-0.15, -0.1) is 0 Å². The molecule has 2 aliphatic rings. The first-order valence-corrected chi connectivity index (χ1v) is 7.82. The van der Waals surface area contributed by atoms with Crippen molar-refractivity contribution in [2.24, 2.45) is 18.7 Å². The van der Waals surface area contributed by atoms with Gasteiger partial charge in [-0.2, -0.15) is 5.10 Å². The van der Waals surface area contributed by atoms with Gasteiger partial charge in [0.25, 0.3) is 0 Å². The molecule has 3 rings (SSSR count). The zero-order valence-corrected chi connectivity index (χ0v) is 12.9. The summed E-state index contributed by atoms with van der Waals surface area (Å²) in [6.45, 7) is 1.93. The van der Waals surface area contributed by atoms with E-state index in [0.717, 1.165) is 37.9 Å². The molecular weight excluding hydrogens is 282 g/mol. The third-order valence-corrected chi connectivity index (χ3v) is 4.59. The summed E-state index contributed by atoms with van der Waals surface area (Å²) in [6.07, 6.45) is 6.51. The molecule has 0 spiro atoms. The van der Waals surface area contributed by atoms with Gasteiger partial charge in [0.15, 0.2) is 0 Å². The molecule has 2 fully saturated rings. The maximum absolute atomic E-state index is 12.3. The number of rotatable bonds is 5. The zero-order chi connectivity index (χ0) is 15.7. The molecule has 7 nitrogen and oxygen atoms in total. The van der Waals surface area contributed by atoms with Crippen LogP contribution in [-0.4, -0.2) is 52.2 Å². The Labute approximate surface area is 129 Å². The molecule has 7 heteroatoms. The molecule has 0 radical (unpaired) electrons. The highest BCUT2D eigenvalue weighted by atomic mass is 16.2. The number of nitrogens with two attached hydrogens (primary N) is 1. The van der Waals surface area contributed by atoms with E-state index < -0.39 is 0 Å². The fourth-order valence-electron chi connectivity index (χ4n) is 3.25. The molecule has 120 valence electrons. The molecule has 3 N–H and O–H groups in total. The van der Waals surface area contributed by atoms with Crippen LogP contribution in [0, 0.1) is 5.92 Å². The Morgan fingerprint density at radius 1 is 1.41 bits per heavy atom. The van der Waals surface area contributed by atoms with Crippen molar-refractivity contribution in [2.75, 3.05) is 19.6 Å². The number of piperidine rings is 1. The number of primary amides is 1. The summed E-state index contributed by atoms with van der Waals surface area (Å²) in [5, 5.41) is 7.31. The van der Waals surface area contributed by atoms with Gasteiger partial charge in [0.05, 0.1) is 12.7 Å². The predicted octanol–water partition coefficient (Wildman–Crippen LogP) is -0.410. The Balaban J connectivity index is 1.43. The van der Waals surface area contributed by atoms with Gasteiger partial charge in [-0.1, -0.05) is 0 Å². The van der Waals surface area contributed by atoms with Crippen LogP contribution in [0.1, 0.15) is 30.7 Å². The standard InChI is InChI=1S/C15H23N5O2/c1-19-8-10(7-17-19)12-6-13(12)15(22)18-11-2-4-20(5-3-11)9-14(16)21/h7-8,11-13H,2-6,9H2,1H3,(H2,16,21)(H,18,22)/t12-,13-/m1/s1. The van der Waals surface area contributed by atoms with E-state index in [1.807, 2.05) is 24.3 Å². The number of aromatic nitrogens is 2. The smallest absolute Gasteiger partial charge is 0.231 e. The highest BCUT2D eigenvalue weighted by Gasteiger charge is 2.45. The quantitative estimate of drug-likeness (QED) is 0.773. The molecule has 1 aliphatic heterocycles. The Kier molecular flexibility index (Phi) is 4.15. The summed E-state index contributed by atoms with van der Waals surface area (Å²) in [6, 6.07) is 0.215. The van der Waals surface area contributed by atoms with Gasteiger partial charge in [0.2, 0.25) is 11.8 Å². The molecule has 1 aromatic rings. The zero-order valence-electron chi connectivity index (χ0n) is 12.9. The van der Waals surface area contributed by atoms with Gasteiger partial charge in [-0.25, -0.2) is 0 Å². The number of aryl methyl sites for hydroxylation is 1. The fourth-order valence-corrected chi connectivity index (χ4v) is 3.25. The highest BCUT2D eigenvalue weighted by Crippen LogP contribution is 2.47. The highest BCUT2D eigenvalue weighted by molar-refractivity contribution is 5.83. The Morgan fingerprint density at radius 2 is 2.14 bits per heavy atom. The van der Waals surface area contributed by atoms with Crippen LogP contribution in [0.2, 0.25) is 0 Å². The van der Waals surface area contributed by atoms with E-state index >= 15 is 0 Å². The molecule has 1 aliphatic carbocycles. The number of hydrogen-bond acceptors (Lipinski definition) is 4. The molecule has 2 atom stereocenters. The number of nitrogens with zero attached hydrogens (tertiary/aromatic N) is 3. The second-order valence-corrected chi connectivity index (χ2v) is 6.42. The molecule has 22 heavy (non-hydrogen) atoms. The third-order valence-electron chi connectivity index (χ3n) is 4.59. The normalized spacial score (nSPS) is 25.9. The number of nitrogens with one attached hydrogen (secondary N) is 1. The monoisotopic (exact) mass is 305 g/mol. The number of amides is 2. The van der Waals surface area contributed by atoms with Gasteiger partial charge >= 0.3 is 0 Å². The molecule has 0 unspecified atom stereocenters. The van der Waals surface area contributed by atoms with Crippen molar-refractivity contribution in [1.82, 2.24) is 20.0 Å². The minimum absolute atomic E-state index is 0.0906. The molecule has 2 heterocycles. The van der Waals surface area contributed by atoms with Crippen molar-refractivity contribution >= 4 is 11.8 Å². The van der Waals surface area contributed by atoms with Crippen molar-refractivity contribution in [1.29, 1.82) is 0 Å². The van der Waals surface area contributed by atoms with Crippen LogP contribution in [0.5, 0.6) is 0 Å². The lowest BCUT2D eigenvalue weighted by atomic mass is 10.0. The van der Waals surface area contributed by atoms with Gasteiger partial charge in [-0.05, 0) is 30.7 Å². The van der Waals surface area contributed by atoms with E-state index in [-0.39, 0.29) is 23.8 Å². The molecule has 1 saturated carbocycles. The van der Waals surface area contributed by atoms with Crippen LogP contribution in [0.25, 0.3) is 0 Å². The van der Waals surface area contributed by atoms with Gasteiger partial charge in [0, 0.05) is 38.3 Å². The lowest BCUT2D eigenvalue weighted by Crippen LogP contribution is -2.47. The molecule has 0 aromatic carbocycles. The Morgan fingerprint density at radius 3 is 2.73 bits per heavy atom. The summed E-state index contributed by atoms with van der Waals surface area (Å²) < 4.78 is 1.77. The molecule has 0 bridgehead atoms. The number of likely N-dealkylation sites (tertiary alicyclic amines) is 1. The van der Waals surface area contributed by atoms with Crippen LogP contribution in [-0.2, 0) is 16.6 Å². The van der Waals surface area contributed by atoms with Crippen molar-refractivity contribution in [3.63, 3.8) is 0 Å². The second-order valence-electron chi connectivity index (χ2n) is 6.42. The lowest BCUT2D eigenvalue weighted by molar-refractivity contribution is -0.124. The number of hydrogen-bond donors (Lipinski definition) is 2. The first kappa shape index (κ1) is 15.0. The fraction of sp³-hybridized carbons (Fsp3) is 0.667. The topological polar surface area (TPSA) is 93.3 Å². The Bertz CT molecular complexity index is 562. The minimum Gasteiger partial charge on any atom is -0.369 e. The number of carbonyl (C=O) groups is 2. The minimum atomic E-state index is -0.292. The van der Waals surface area contributed by atoms with E-state index in [0.29, 0.717) is 12.5 Å². The second kappa shape index (κ2) is 6.08. The summed E-state index contributed by atoms with van der Waals surface area (Å²) in [7, 11) is 1.89. The van der Waals surface area contributed by atoms with Gasteiger partial charge < -0.3 is 11.1 Å². The van der Waals surface area contributed by atoms with E-state index in [9.17, 15) is 9.59 Å². The van der Waals surface area contributed by atoms with E-state index in [4.69, 9.17) is 5.73 Å². The molecule has 1 saturated heterocycles. The van der Waals surface area contributed by atoms with Gasteiger partial charge in [-0.3, -0.25) is 19.2 Å². The van der Waals surface area contributed by atoms with Crippen molar-refractivity contribution < 1.29 is 9.59 Å². The lowest BCUT2D eigenvalue weighted by Gasteiger charge is -2.31. The summed E-state index contributed by atoms with van der Waals surface area (Å²) in [5.74, 6) is 0.276. The average Bonchev–Trinajstić information content (AvgIpc) is 3.16. The molecule has 1 aromatic heterocycles. The maximum Gasteiger partial charge on any atom is 0.231 e. The van der Waals surface area contributed by atoms with Crippen LogP contribution in [0.15, 0.2) is 12.4 Å². The van der Waals surface area contributed by atoms with E-state index in [1.54, 1.807) is 4.68 Å². The average molecular weight is 305 g/mol. The summed E-state index contributed by atoms with van der Waals surface area (Å²) >= 11 is 0. The SMILES string of the molecule is Cn1cc([C@H]2C[C@H]2C(=O)NC2CCN(CC(N)=O)CC2)cn1. The third kappa shape index (κ3) is 3.47. The predicted molar refractivity (Wildman–Crippen MR) is 80.9 cm³/mol. The first-order valence-electron chi connectivity index (χ1n) is 7.82. The van der Waals surface area contributed by atoms with E-state index in [2.05, 4.69) is 10.4 Å². The van der Waals surface area contributed by atoms with Crippen molar-refractivity contribution in [3.05, 3.63) is 18.0 Å². The largest absolute Gasteiger partial charge is 0.369 e. The summed E-state index contributed by atoms with van der Waals surface area (Å²) in [4.78, 5) is 25.2. The molecule has 2 amide bonds. The summed E-state index contributed by atoms with van der Waals surface area (Å²) in [5.41, 5.74) is 6.35. The van der Waals surface area contributed by atoms with E-state index in [1.165, 1.54) is 0 Å². The molecular formula is C15H23N5O2. The van der Waals surface area contributed by atoms with Crippen LogP contribution in [0.3, 0.4) is 0 Å². The van der Waals surface area contributed by atoms with Crippen LogP contribution in [0.4, 0.5) is 0 Å². The first-order chi connectivity index (χ1) is 10.5. The van der Waals surface area contributed by atoms with Crippen molar-refractivity contribution in [3.8, 4) is 0 Å². The number of carbonyl (C=O) groups excluding carboxylic acids is 2. The van der Waals surface area contributed by atoms with Crippen molar-refractivity contribution in [2.45, 2.75) is 31.2 Å². The Hall–Kier alpha value is -1.89. The van der Waals surface area contributed by atoms with Crippen LogP contribution < -0.4 is 11.1 Å². The maximum atomic E-state index is 12.3. The van der Waals surface area contributed by atoms with Crippen LogP contribution >= 0.6 is 0 Å². The van der Waals surface area contributed by atoms with Gasteiger partial charge in [0.1, 0.15) is 0 Å².